The molecule has 0 saturated carbocycles. The third-order valence-electron chi connectivity index (χ3n) is 1.68. The maximum atomic E-state index is 12.9. The third-order valence-corrected chi connectivity index (χ3v) is 1.68. The van der Waals surface area contributed by atoms with Crippen molar-refractivity contribution in [2.45, 2.75) is 19.0 Å². The molecular formula is C9H9F3O. The fraction of sp³-hybridized carbons (Fsp3) is 0.333. The average molecular weight is 190 g/mol. The smallest absolute Gasteiger partial charge is 0.264 e. The van der Waals surface area contributed by atoms with Crippen molar-refractivity contribution in [3.05, 3.63) is 35.6 Å². The molecule has 0 radical (unpaired) electrons. The van der Waals surface area contributed by atoms with E-state index in [1.807, 2.05) is 0 Å². The van der Waals surface area contributed by atoms with Gasteiger partial charge in [0.15, 0.2) is 0 Å². The Hall–Kier alpha value is -1.03. The van der Waals surface area contributed by atoms with Crippen LogP contribution in [-0.4, -0.2) is 17.6 Å². The highest BCUT2D eigenvalue weighted by atomic mass is 19.3. The Balaban J connectivity index is 2.69. The first kappa shape index (κ1) is 10.1. The van der Waals surface area contributed by atoms with Crippen LogP contribution >= 0.6 is 0 Å². The van der Waals surface area contributed by atoms with E-state index in [4.69, 9.17) is 5.11 Å². The molecule has 1 aromatic rings. The van der Waals surface area contributed by atoms with Crippen LogP contribution in [0.1, 0.15) is 5.56 Å². The van der Waals surface area contributed by atoms with Crippen molar-refractivity contribution < 1.29 is 18.3 Å². The van der Waals surface area contributed by atoms with Crippen LogP contribution in [-0.2, 0) is 6.42 Å². The summed E-state index contributed by atoms with van der Waals surface area (Å²) in [5.74, 6) is -0.567. The molecule has 1 nitrogen and oxygen atoms in total. The van der Waals surface area contributed by atoms with E-state index in [9.17, 15) is 13.2 Å². The van der Waals surface area contributed by atoms with Gasteiger partial charge in [-0.05, 0) is 11.6 Å². The van der Waals surface area contributed by atoms with Crippen molar-refractivity contribution in [1.82, 2.24) is 0 Å². The van der Waals surface area contributed by atoms with E-state index in [0.29, 0.717) is 0 Å². The second kappa shape index (κ2) is 4.28. The number of alkyl halides is 2. The van der Waals surface area contributed by atoms with Gasteiger partial charge < -0.3 is 5.11 Å². The molecule has 1 aromatic carbocycles. The predicted octanol–water partition coefficient (Wildman–Crippen LogP) is 1.99. The van der Waals surface area contributed by atoms with Crippen LogP contribution in [0, 0.1) is 5.82 Å². The minimum atomic E-state index is -2.83. The number of rotatable bonds is 3. The number of aliphatic hydroxyl groups is 1. The van der Waals surface area contributed by atoms with Gasteiger partial charge in [0.2, 0.25) is 0 Å². The standard InChI is InChI=1S/C9H9F3O/c10-7-4-2-1-3-6(7)5-8(13)9(11)12/h1-4,8-9,13H,5H2. The molecule has 0 aliphatic carbocycles. The monoisotopic (exact) mass is 190 g/mol. The first-order valence-corrected chi connectivity index (χ1v) is 3.81. The van der Waals surface area contributed by atoms with Crippen LogP contribution in [0.3, 0.4) is 0 Å². The van der Waals surface area contributed by atoms with Gasteiger partial charge >= 0.3 is 0 Å². The molecule has 0 aromatic heterocycles. The van der Waals surface area contributed by atoms with Crippen molar-refractivity contribution in [3.63, 3.8) is 0 Å². The summed E-state index contributed by atoms with van der Waals surface area (Å²) in [6, 6.07) is 5.55. The van der Waals surface area contributed by atoms with E-state index in [1.165, 1.54) is 24.3 Å². The Kier molecular flexibility index (Phi) is 3.31. The zero-order valence-corrected chi connectivity index (χ0v) is 6.75. The molecule has 0 fully saturated rings. The lowest BCUT2D eigenvalue weighted by atomic mass is 10.1. The van der Waals surface area contributed by atoms with Gasteiger partial charge in [-0.25, -0.2) is 13.2 Å². The molecule has 0 bridgehead atoms. The number of halogens is 3. The Morgan fingerprint density at radius 2 is 1.85 bits per heavy atom. The zero-order chi connectivity index (χ0) is 9.84. The molecule has 1 N–H and O–H groups in total. The first-order chi connectivity index (χ1) is 6.11. The zero-order valence-electron chi connectivity index (χ0n) is 6.75. The van der Waals surface area contributed by atoms with E-state index >= 15 is 0 Å². The molecular weight excluding hydrogens is 181 g/mol. The number of hydrogen-bond donors (Lipinski definition) is 1. The van der Waals surface area contributed by atoms with Crippen LogP contribution in [0.4, 0.5) is 13.2 Å². The molecule has 4 heteroatoms. The van der Waals surface area contributed by atoms with Crippen molar-refractivity contribution in [2.24, 2.45) is 0 Å². The minimum Gasteiger partial charge on any atom is -0.387 e. The molecule has 0 saturated heterocycles. The lowest BCUT2D eigenvalue weighted by Gasteiger charge is -2.09. The first-order valence-electron chi connectivity index (χ1n) is 3.81. The largest absolute Gasteiger partial charge is 0.387 e. The predicted molar refractivity (Wildman–Crippen MR) is 42.1 cm³/mol. The second-order valence-electron chi connectivity index (χ2n) is 2.70. The van der Waals surface area contributed by atoms with E-state index in [0.717, 1.165) is 0 Å². The van der Waals surface area contributed by atoms with Crippen molar-refractivity contribution >= 4 is 0 Å². The highest BCUT2D eigenvalue weighted by Gasteiger charge is 2.18. The molecule has 0 aliphatic rings. The Morgan fingerprint density at radius 1 is 1.23 bits per heavy atom. The van der Waals surface area contributed by atoms with Crippen LogP contribution < -0.4 is 0 Å². The lowest BCUT2D eigenvalue weighted by Crippen LogP contribution is -2.20. The van der Waals surface area contributed by atoms with Crippen LogP contribution in [0.5, 0.6) is 0 Å². The van der Waals surface area contributed by atoms with Gasteiger partial charge in [-0.2, -0.15) is 0 Å². The van der Waals surface area contributed by atoms with Gasteiger partial charge in [-0.15, -0.1) is 0 Å². The molecule has 13 heavy (non-hydrogen) atoms. The van der Waals surface area contributed by atoms with Gasteiger partial charge in [-0.1, -0.05) is 18.2 Å². The summed E-state index contributed by atoms with van der Waals surface area (Å²) in [6.07, 6.45) is -4.99. The van der Waals surface area contributed by atoms with Gasteiger partial charge in [-0.3, -0.25) is 0 Å². The van der Waals surface area contributed by atoms with Crippen LogP contribution in [0.25, 0.3) is 0 Å². The summed E-state index contributed by atoms with van der Waals surface area (Å²) in [4.78, 5) is 0. The average Bonchev–Trinajstić information content (AvgIpc) is 2.08. The Morgan fingerprint density at radius 3 is 2.38 bits per heavy atom. The maximum Gasteiger partial charge on any atom is 0.264 e. The minimum absolute atomic E-state index is 0.107. The van der Waals surface area contributed by atoms with E-state index < -0.39 is 18.3 Å². The molecule has 1 rings (SSSR count). The number of benzene rings is 1. The summed E-state index contributed by atoms with van der Waals surface area (Å²) in [5, 5.41) is 8.79. The van der Waals surface area contributed by atoms with Crippen molar-refractivity contribution in [1.29, 1.82) is 0 Å². The molecule has 72 valence electrons. The summed E-state index contributed by atoms with van der Waals surface area (Å²) >= 11 is 0. The van der Waals surface area contributed by atoms with E-state index in [2.05, 4.69) is 0 Å². The molecule has 0 aliphatic heterocycles. The third kappa shape index (κ3) is 2.73. The fourth-order valence-electron chi connectivity index (χ4n) is 0.978. The molecule has 1 unspecified atom stereocenters. The molecule has 0 spiro atoms. The van der Waals surface area contributed by atoms with Crippen molar-refractivity contribution in [2.75, 3.05) is 0 Å². The van der Waals surface area contributed by atoms with Gasteiger partial charge in [0.05, 0.1) is 0 Å². The normalized spacial score (nSPS) is 13.3. The van der Waals surface area contributed by atoms with E-state index in [-0.39, 0.29) is 12.0 Å². The van der Waals surface area contributed by atoms with Crippen LogP contribution in [0.15, 0.2) is 24.3 Å². The summed E-state index contributed by atoms with van der Waals surface area (Å²) in [6.45, 7) is 0. The highest BCUT2D eigenvalue weighted by molar-refractivity contribution is 5.18. The van der Waals surface area contributed by atoms with Gasteiger partial charge in [0, 0.05) is 6.42 Å². The Bertz CT molecular complexity index is 275. The quantitative estimate of drug-likeness (QED) is 0.772. The number of aliphatic hydroxyl groups excluding tert-OH is 1. The fourth-order valence-corrected chi connectivity index (χ4v) is 0.978. The summed E-state index contributed by atoms with van der Waals surface area (Å²) < 4.78 is 36.6. The molecule has 0 amide bonds. The molecule has 0 heterocycles. The van der Waals surface area contributed by atoms with E-state index in [1.54, 1.807) is 0 Å². The van der Waals surface area contributed by atoms with Gasteiger partial charge in [0.25, 0.3) is 6.43 Å². The summed E-state index contributed by atoms with van der Waals surface area (Å²) in [5.41, 5.74) is 0.107. The van der Waals surface area contributed by atoms with Crippen molar-refractivity contribution in [3.8, 4) is 0 Å². The summed E-state index contributed by atoms with van der Waals surface area (Å²) in [7, 11) is 0. The maximum absolute atomic E-state index is 12.9. The Labute approximate surface area is 73.8 Å². The lowest BCUT2D eigenvalue weighted by molar-refractivity contribution is -0.00405. The number of hydrogen-bond acceptors (Lipinski definition) is 1. The van der Waals surface area contributed by atoms with Crippen LogP contribution in [0.2, 0.25) is 0 Å². The highest BCUT2D eigenvalue weighted by Crippen LogP contribution is 2.12. The SMILES string of the molecule is OC(Cc1ccccc1F)C(F)F. The topological polar surface area (TPSA) is 20.2 Å². The van der Waals surface area contributed by atoms with Gasteiger partial charge in [0.1, 0.15) is 11.9 Å². The second-order valence-corrected chi connectivity index (χ2v) is 2.70. The molecule has 1 atom stereocenters.